The van der Waals surface area contributed by atoms with Crippen LogP contribution in [0.5, 0.6) is 0 Å². The average molecular weight is 475 g/mol. The van der Waals surface area contributed by atoms with E-state index in [1.54, 1.807) is 48.3 Å². The zero-order chi connectivity index (χ0) is 25.5. The topological polar surface area (TPSA) is 58.7 Å². The molecule has 178 valence electrons. The summed E-state index contributed by atoms with van der Waals surface area (Å²) in [5, 5.41) is 3.88. The van der Waals surface area contributed by atoms with Crippen LogP contribution in [0.15, 0.2) is 78.9 Å². The van der Waals surface area contributed by atoms with Gasteiger partial charge in [-0.25, -0.2) is 4.85 Å². The van der Waals surface area contributed by atoms with Crippen molar-refractivity contribution in [2.24, 2.45) is 0 Å². The number of nitrogens with one attached hydrogen (secondary N) is 1. The van der Waals surface area contributed by atoms with Gasteiger partial charge in [-0.05, 0) is 48.7 Å². The van der Waals surface area contributed by atoms with Crippen molar-refractivity contribution in [1.82, 2.24) is 14.8 Å². The highest BCUT2D eigenvalue weighted by atomic mass is 16.2. The van der Waals surface area contributed by atoms with Crippen LogP contribution in [-0.4, -0.2) is 34.9 Å². The van der Waals surface area contributed by atoms with Crippen molar-refractivity contribution in [2.75, 3.05) is 13.6 Å². The molecule has 0 unspecified atom stereocenters. The molecule has 0 aliphatic heterocycles. The zero-order valence-corrected chi connectivity index (χ0v) is 20.3. The van der Waals surface area contributed by atoms with Gasteiger partial charge in [-0.2, -0.15) is 0 Å². The predicted octanol–water partition coefficient (Wildman–Crippen LogP) is 5.27. The lowest BCUT2D eigenvalue weighted by Gasteiger charge is -2.17. The van der Waals surface area contributed by atoms with Gasteiger partial charge >= 0.3 is 0 Å². The van der Waals surface area contributed by atoms with E-state index in [2.05, 4.69) is 45.6 Å². The standard InChI is InChI=1S/C30H26N4O2/c1-4-34-27(11-8-18-32-29(35)23-9-6-5-7-10-23)20-25-19-22(12-17-28(25)34)21-33(3)30(36)24-13-15-26(31-2)16-14-24/h5-7,9-10,12-17,19-20H,4,18,21H2,1,3H3,(H,32,35). The molecule has 4 aromatic rings. The van der Waals surface area contributed by atoms with Gasteiger partial charge in [0.1, 0.15) is 0 Å². The first-order chi connectivity index (χ1) is 17.5. The molecular weight excluding hydrogens is 448 g/mol. The lowest BCUT2D eigenvalue weighted by molar-refractivity contribution is 0.0785. The van der Waals surface area contributed by atoms with Crippen LogP contribution in [0.1, 0.15) is 38.9 Å². The molecule has 1 heterocycles. The summed E-state index contributed by atoms with van der Waals surface area (Å²) in [5.74, 6) is 5.99. The summed E-state index contributed by atoms with van der Waals surface area (Å²) in [6.07, 6.45) is 0. The van der Waals surface area contributed by atoms with E-state index < -0.39 is 0 Å². The molecule has 36 heavy (non-hydrogen) atoms. The highest BCUT2D eigenvalue weighted by molar-refractivity contribution is 5.95. The fourth-order valence-corrected chi connectivity index (χ4v) is 4.06. The first-order valence-electron chi connectivity index (χ1n) is 11.7. The fraction of sp³-hybridized carbons (Fsp3) is 0.167. The van der Waals surface area contributed by atoms with Crippen LogP contribution >= 0.6 is 0 Å². The minimum Gasteiger partial charge on any atom is -0.341 e. The lowest BCUT2D eigenvalue weighted by atomic mass is 10.1. The molecule has 0 bridgehead atoms. The molecule has 0 radical (unpaired) electrons. The Balaban J connectivity index is 1.46. The van der Waals surface area contributed by atoms with E-state index >= 15 is 0 Å². The number of carbonyl (C=O) groups is 2. The van der Waals surface area contributed by atoms with Gasteiger partial charge in [0.05, 0.1) is 18.8 Å². The molecule has 0 aliphatic rings. The second-order valence-corrected chi connectivity index (χ2v) is 8.34. The highest BCUT2D eigenvalue weighted by Gasteiger charge is 2.13. The number of amides is 2. The van der Waals surface area contributed by atoms with Gasteiger partial charge in [0.15, 0.2) is 5.69 Å². The lowest BCUT2D eigenvalue weighted by Crippen LogP contribution is -2.26. The van der Waals surface area contributed by atoms with Crippen molar-refractivity contribution in [3.05, 3.63) is 113 Å². The number of hydrogen-bond donors (Lipinski definition) is 1. The quantitative estimate of drug-likeness (QED) is 0.306. The Bertz CT molecular complexity index is 1500. The second-order valence-electron chi connectivity index (χ2n) is 8.34. The van der Waals surface area contributed by atoms with Gasteiger partial charge in [-0.1, -0.05) is 54.5 Å². The SMILES string of the molecule is [C-]#[N+]c1ccc(C(=O)N(C)Cc2ccc3c(c2)cc(C#CCNC(=O)c2ccccc2)n3CC)cc1. The summed E-state index contributed by atoms with van der Waals surface area (Å²) in [6, 6.07) is 24.0. The molecular formula is C30H26N4O2. The Morgan fingerprint density at radius 2 is 1.75 bits per heavy atom. The summed E-state index contributed by atoms with van der Waals surface area (Å²) in [5.41, 5.74) is 4.64. The van der Waals surface area contributed by atoms with Crippen molar-refractivity contribution < 1.29 is 9.59 Å². The first-order valence-corrected chi connectivity index (χ1v) is 11.7. The first kappa shape index (κ1) is 24.3. The molecule has 0 saturated heterocycles. The van der Waals surface area contributed by atoms with Crippen LogP contribution in [0.2, 0.25) is 0 Å². The van der Waals surface area contributed by atoms with Crippen molar-refractivity contribution in [3.8, 4) is 11.8 Å². The Morgan fingerprint density at radius 3 is 2.44 bits per heavy atom. The van der Waals surface area contributed by atoms with Crippen LogP contribution < -0.4 is 5.32 Å². The van der Waals surface area contributed by atoms with Crippen LogP contribution in [0, 0.1) is 18.4 Å². The van der Waals surface area contributed by atoms with E-state index in [0.717, 1.165) is 28.7 Å². The predicted molar refractivity (Wildman–Crippen MR) is 142 cm³/mol. The molecule has 1 aromatic heterocycles. The van der Waals surface area contributed by atoms with Crippen LogP contribution in [0.4, 0.5) is 5.69 Å². The van der Waals surface area contributed by atoms with Crippen molar-refractivity contribution in [1.29, 1.82) is 0 Å². The van der Waals surface area contributed by atoms with Crippen molar-refractivity contribution >= 4 is 28.4 Å². The van der Waals surface area contributed by atoms with E-state index in [1.807, 2.05) is 30.3 Å². The molecule has 0 atom stereocenters. The fourth-order valence-electron chi connectivity index (χ4n) is 4.06. The summed E-state index contributed by atoms with van der Waals surface area (Å²) in [4.78, 5) is 30.0. The number of rotatable bonds is 6. The molecule has 0 fully saturated rings. The van der Waals surface area contributed by atoms with Gasteiger partial charge in [0.25, 0.3) is 11.8 Å². The second kappa shape index (κ2) is 11.1. The van der Waals surface area contributed by atoms with E-state index in [1.165, 1.54) is 0 Å². The number of nitrogens with zero attached hydrogens (tertiary/aromatic N) is 3. The van der Waals surface area contributed by atoms with Crippen LogP contribution in [0.25, 0.3) is 15.7 Å². The molecule has 2 amide bonds. The van der Waals surface area contributed by atoms with Gasteiger partial charge in [0, 0.05) is 42.2 Å². The summed E-state index contributed by atoms with van der Waals surface area (Å²) < 4.78 is 2.14. The van der Waals surface area contributed by atoms with E-state index in [9.17, 15) is 9.59 Å². The van der Waals surface area contributed by atoms with E-state index in [0.29, 0.717) is 23.4 Å². The number of aryl methyl sites for hydroxylation is 1. The monoisotopic (exact) mass is 474 g/mol. The molecule has 6 heteroatoms. The molecule has 0 spiro atoms. The maximum absolute atomic E-state index is 12.8. The van der Waals surface area contributed by atoms with E-state index in [4.69, 9.17) is 6.57 Å². The molecule has 0 aliphatic carbocycles. The molecule has 0 saturated carbocycles. The van der Waals surface area contributed by atoms with E-state index in [-0.39, 0.29) is 18.4 Å². The third kappa shape index (κ3) is 5.46. The van der Waals surface area contributed by atoms with Gasteiger partial charge in [0.2, 0.25) is 0 Å². The Labute approximate surface area is 211 Å². The van der Waals surface area contributed by atoms with Crippen molar-refractivity contribution in [3.63, 3.8) is 0 Å². The minimum atomic E-state index is -0.147. The van der Waals surface area contributed by atoms with Crippen molar-refractivity contribution in [2.45, 2.75) is 20.0 Å². The third-order valence-electron chi connectivity index (χ3n) is 5.88. The smallest absolute Gasteiger partial charge is 0.253 e. The molecule has 1 N–H and O–H groups in total. The minimum absolute atomic E-state index is 0.0955. The largest absolute Gasteiger partial charge is 0.341 e. The van der Waals surface area contributed by atoms with Crippen LogP contribution in [0.3, 0.4) is 0 Å². The Morgan fingerprint density at radius 1 is 1.00 bits per heavy atom. The maximum atomic E-state index is 12.8. The normalized spacial score (nSPS) is 10.2. The number of fused-ring (bicyclic) bond motifs is 1. The Hall–Kier alpha value is -4.81. The highest BCUT2D eigenvalue weighted by Crippen LogP contribution is 2.22. The third-order valence-corrected chi connectivity index (χ3v) is 5.88. The summed E-state index contributed by atoms with van der Waals surface area (Å²) >= 11 is 0. The summed E-state index contributed by atoms with van der Waals surface area (Å²) in [6.45, 7) is 10.6. The zero-order valence-electron chi connectivity index (χ0n) is 20.3. The van der Waals surface area contributed by atoms with Gasteiger partial charge < -0.3 is 14.8 Å². The number of benzene rings is 3. The Kier molecular flexibility index (Phi) is 7.48. The molecule has 3 aromatic carbocycles. The molecule has 4 rings (SSSR count). The summed E-state index contributed by atoms with van der Waals surface area (Å²) in [7, 11) is 1.77. The number of hydrogen-bond acceptors (Lipinski definition) is 2. The van der Waals surface area contributed by atoms with Crippen LogP contribution in [-0.2, 0) is 13.1 Å². The maximum Gasteiger partial charge on any atom is 0.253 e. The van der Waals surface area contributed by atoms with Gasteiger partial charge in [-0.15, -0.1) is 0 Å². The number of aromatic nitrogens is 1. The number of carbonyl (C=O) groups excluding carboxylic acids is 2. The average Bonchev–Trinajstić information content (AvgIpc) is 3.27. The molecule has 6 nitrogen and oxygen atoms in total. The van der Waals surface area contributed by atoms with Gasteiger partial charge in [-0.3, -0.25) is 9.59 Å².